The van der Waals surface area contributed by atoms with E-state index in [-0.39, 0.29) is 16.5 Å². The molecule has 108 valence electrons. The minimum Gasteiger partial charge on any atom is -0.316 e. The lowest BCUT2D eigenvalue weighted by Crippen LogP contribution is -2.32. The van der Waals surface area contributed by atoms with E-state index >= 15 is 0 Å². The van der Waals surface area contributed by atoms with Gasteiger partial charge >= 0.3 is 0 Å². The van der Waals surface area contributed by atoms with Gasteiger partial charge in [0.1, 0.15) is 5.82 Å². The number of benzene rings is 1. The molecule has 0 aliphatic heterocycles. The number of rotatable bonds is 6. The first kappa shape index (κ1) is 16.1. The first-order chi connectivity index (χ1) is 8.81. The molecule has 4 nitrogen and oxygen atoms in total. The van der Waals surface area contributed by atoms with Crippen molar-refractivity contribution in [3.63, 3.8) is 0 Å². The van der Waals surface area contributed by atoms with Crippen molar-refractivity contribution in [1.82, 2.24) is 10.0 Å². The number of hydrogen-bond donors (Lipinski definition) is 2. The third kappa shape index (κ3) is 3.99. The van der Waals surface area contributed by atoms with Crippen molar-refractivity contribution in [2.45, 2.75) is 44.7 Å². The topological polar surface area (TPSA) is 58.2 Å². The summed E-state index contributed by atoms with van der Waals surface area (Å²) < 4.78 is 40.8. The van der Waals surface area contributed by atoms with Gasteiger partial charge < -0.3 is 5.32 Å². The zero-order chi connectivity index (χ0) is 14.6. The van der Waals surface area contributed by atoms with Crippen molar-refractivity contribution in [1.29, 1.82) is 0 Å². The largest absolute Gasteiger partial charge is 0.316 e. The summed E-state index contributed by atoms with van der Waals surface area (Å²) in [6, 6.07) is 2.69. The zero-order valence-electron chi connectivity index (χ0n) is 11.7. The summed E-state index contributed by atoms with van der Waals surface area (Å²) in [4.78, 5) is 0.0121. The van der Waals surface area contributed by atoms with Crippen LogP contribution in [-0.4, -0.2) is 21.5 Å². The standard InChI is InChI=1S/C13H21FN2O2S/c1-5-9(2)16-19(17,18)13-7-11(8-15-4)6-12(14)10(13)3/h6-7,9,15-16H,5,8H2,1-4H3. The number of halogens is 1. The molecule has 19 heavy (non-hydrogen) atoms. The van der Waals surface area contributed by atoms with Gasteiger partial charge in [-0.05, 0) is 45.0 Å². The third-order valence-corrected chi connectivity index (χ3v) is 4.71. The van der Waals surface area contributed by atoms with Crippen LogP contribution in [0.25, 0.3) is 0 Å². The SMILES string of the molecule is CCC(C)NS(=O)(=O)c1cc(CNC)cc(F)c1C. The quantitative estimate of drug-likeness (QED) is 0.841. The van der Waals surface area contributed by atoms with Crippen molar-refractivity contribution in [2.75, 3.05) is 7.05 Å². The highest BCUT2D eigenvalue weighted by Gasteiger charge is 2.21. The van der Waals surface area contributed by atoms with Gasteiger partial charge in [0.15, 0.2) is 0 Å². The Labute approximate surface area is 114 Å². The fourth-order valence-electron chi connectivity index (χ4n) is 1.70. The van der Waals surface area contributed by atoms with Gasteiger partial charge in [0.2, 0.25) is 10.0 Å². The van der Waals surface area contributed by atoms with Crippen LogP contribution >= 0.6 is 0 Å². The van der Waals surface area contributed by atoms with E-state index in [2.05, 4.69) is 10.0 Å². The van der Waals surface area contributed by atoms with Crippen LogP contribution in [0.15, 0.2) is 17.0 Å². The molecule has 1 aromatic carbocycles. The molecule has 2 N–H and O–H groups in total. The molecule has 1 rings (SSSR count). The highest BCUT2D eigenvalue weighted by atomic mass is 32.2. The van der Waals surface area contributed by atoms with Crippen LogP contribution in [0.3, 0.4) is 0 Å². The molecule has 1 aromatic rings. The molecular weight excluding hydrogens is 267 g/mol. The molecule has 1 atom stereocenters. The van der Waals surface area contributed by atoms with Crippen LogP contribution in [0.5, 0.6) is 0 Å². The molecule has 1 unspecified atom stereocenters. The van der Waals surface area contributed by atoms with E-state index in [1.165, 1.54) is 19.1 Å². The maximum Gasteiger partial charge on any atom is 0.241 e. The lowest BCUT2D eigenvalue weighted by atomic mass is 10.1. The van der Waals surface area contributed by atoms with Crippen LogP contribution in [0, 0.1) is 12.7 Å². The molecular formula is C13H21FN2O2S. The summed E-state index contributed by atoms with van der Waals surface area (Å²) >= 11 is 0. The molecule has 0 radical (unpaired) electrons. The monoisotopic (exact) mass is 288 g/mol. The first-order valence-electron chi connectivity index (χ1n) is 6.27. The number of hydrogen-bond acceptors (Lipinski definition) is 3. The molecule has 0 saturated carbocycles. The molecule has 0 heterocycles. The van der Waals surface area contributed by atoms with E-state index in [9.17, 15) is 12.8 Å². The summed E-state index contributed by atoms with van der Waals surface area (Å²) in [6.07, 6.45) is 0.678. The zero-order valence-corrected chi connectivity index (χ0v) is 12.6. The molecule has 0 aliphatic rings. The average Bonchev–Trinajstić information content (AvgIpc) is 2.33. The maximum atomic E-state index is 13.8. The number of sulfonamides is 1. The van der Waals surface area contributed by atoms with E-state index in [1.54, 1.807) is 14.0 Å². The van der Waals surface area contributed by atoms with Crippen molar-refractivity contribution in [2.24, 2.45) is 0 Å². The average molecular weight is 288 g/mol. The third-order valence-electron chi connectivity index (χ3n) is 3.00. The van der Waals surface area contributed by atoms with Gasteiger partial charge in [-0.25, -0.2) is 17.5 Å². The Morgan fingerprint density at radius 2 is 2.00 bits per heavy atom. The fourth-order valence-corrected chi connectivity index (χ4v) is 3.33. The summed E-state index contributed by atoms with van der Waals surface area (Å²) in [5, 5.41) is 2.88. The van der Waals surface area contributed by atoms with E-state index < -0.39 is 15.8 Å². The van der Waals surface area contributed by atoms with Crippen LogP contribution in [0.2, 0.25) is 0 Å². The van der Waals surface area contributed by atoms with Crippen LogP contribution in [0.1, 0.15) is 31.4 Å². The highest BCUT2D eigenvalue weighted by molar-refractivity contribution is 7.89. The molecule has 0 bridgehead atoms. The second kappa shape index (κ2) is 6.45. The van der Waals surface area contributed by atoms with Gasteiger partial charge in [-0.2, -0.15) is 0 Å². The number of nitrogens with one attached hydrogen (secondary N) is 2. The van der Waals surface area contributed by atoms with Gasteiger partial charge in [-0.1, -0.05) is 6.92 Å². The van der Waals surface area contributed by atoms with E-state index in [4.69, 9.17) is 0 Å². The van der Waals surface area contributed by atoms with Crippen LogP contribution in [-0.2, 0) is 16.6 Å². The lowest BCUT2D eigenvalue weighted by molar-refractivity contribution is 0.551. The summed E-state index contributed by atoms with van der Waals surface area (Å²) in [5.74, 6) is -0.503. The highest BCUT2D eigenvalue weighted by Crippen LogP contribution is 2.21. The van der Waals surface area contributed by atoms with Gasteiger partial charge in [-0.3, -0.25) is 0 Å². The predicted octanol–water partition coefficient (Wildman–Crippen LogP) is 1.93. The summed E-state index contributed by atoms with van der Waals surface area (Å²) in [7, 11) is -1.96. The molecule has 0 aliphatic carbocycles. The van der Waals surface area contributed by atoms with E-state index in [1.807, 2.05) is 6.92 Å². The lowest BCUT2D eigenvalue weighted by Gasteiger charge is -2.15. The second-order valence-electron chi connectivity index (χ2n) is 4.66. The van der Waals surface area contributed by atoms with Gasteiger partial charge in [-0.15, -0.1) is 0 Å². The normalized spacial score (nSPS) is 13.5. The van der Waals surface area contributed by atoms with Crippen LogP contribution in [0.4, 0.5) is 4.39 Å². The van der Waals surface area contributed by atoms with Crippen molar-refractivity contribution < 1.29 is 12.8 Å². The van der Waals surface area contributed by atoms with Gasteiger partial charge in [0.05, 0.1) is 4.90 Å². The molecule has 0 fully saturated rings. The summed E-state index contributed by atoms with van der Waals surface area (Å²) in [6.45, 7) is 5.56. The molecule has 0 spiro atoms. The second-order valence-corrected chi connectivity index (χ2v) is 6.34. The van der Waals surface area contributed by atoms with Crippen molar-refractivity contribution >= 4 is 10.0 Å². The van der Waals surface area contributed by atoms with Gasteiger partial charge in [0.25, 0.3) is 0 Å². The fraction of sp³-hybridized carbons (Fsp3) is 0.538. The molecule has 0 aromatic heterocycles. The predicted molar refractivity (Wildman–Crippen MR) is 74.0 cm³/mol. The van der Waals surface area contributed by atoms with E-state index in [0.717, 1.165) is 0 Å². The van der Waals surface area contributed by atoms with Crippen molar-refractivity contribution in [3.8, 4) is 0 Å². The molecule has 0 amide bonds. The summed E-state index contributed by atoms with van der Waals surface area (Å²) in [5.41, 5.74) is 0.755. The molecule has 0 saturated heterocycles. The Morgan fingerprint density at radius 3 is 2.53 bits per heavy atom. The first-order valence-corrected chi connectivity index (χ1v) is 7.76. The van der Waals surface area contributed by atoms with Crippen molar-refractivity contribution in [3.05, 3.63) is 29.1 Å². The molecule has 6 heteroatoms. The Balaban J connectivity index is 3.25. The smallest absolute Gasteiger partial charge is 0.241 e. The Kier molecular flexibility index (Phi) is 5.46. The van der Waals surface area contributed by atoms with Crippen LogP contribution < -0.4 is 10.0 Å². The minimum atomic E-state index is -3.68. The maximum absolute atomic E-state index is 13.8. The Hall–Kier alpha value is -0.980. The van der Waals surface area contributed by atoms with Gasteiger partial charge in [0, 0.05) is 18.2 Å². The minimum absolute atomic E-state index is 0.0121. The Bertz CT molecular complexity index is 544. The Morgan fingerprint density at radius 1 is 1.37 bits per heavy atom. The van der Waals surface area contributed by atoms with E-state index in [0.29, 0.717) is 18.5 Å².